The zero-order valence-corrected chi connectivity index (χ0v) is 25.0. The van der Waals surface area contributed by atoms with Crippen molar-refractivity contribution < 1.29 is 18.8 Å². The van der Waals surface area contributed by atoms with Crippen LogP contribution in [0.5, 0.6) is 0 Å². The van der Waals surface area contributed by atoms with Crippen molar-refractivity contribution in [3.8, 4) is 0 Å². The summed E-state index contributed by atoms with van der Waals surface area (Å²) in [7, 11) is 0. The number of amides is 3. The Labute approximate surface area is 250 Å². The van der Waals surface area contributed by atoms with Crippen LogP contribution in [0.1, 0.15) is 102 Å². The van der Waals surface area contributed by atoms with E-state index in [0.29, 0.717) is 30.8 Å². The van der Waals surface area contributed by atoms with Crippen molar-refractivity contribution >= 4 is 23.4 Å². The van der Waals surface area contributed by atoms with Crippen LogP contribution in [0.3, 0.4) is 0 Å². The average molecular weight is 572 g/mol. The first-order chi connectivity index (χ1) is 20.4. The monoisotopic (exact) mass is 571 g/mol. The molecule has 0 saturated heterocycles. The van der Waals surface area contributed by atoms with Gasteiger partial charge in [0.25, 0.3) is 5.91 Å². The summed E-state index contributed by atoms with van der Waals surface area (Å²) < 4.78 is 5.32. The Bertz CT molecular complexity index is 1300. The van der Waals surface area contributed by atoms with E-state index in [0.717, 1.165) is 56.9 Å². The van der Waals surface area contributed by atoms with Crippen LogP contribution in [-0.4, -0.2) is 30.8 Å². The number of hydrogen-bond donors (Lipinski definition) is 3. The van der Waals surface area contributed by atoms with Crippen LogP contribution in [0.4, 0.5) is 10.5 Å². The first-order valence-corrected chi connectivity index (χ1v) is 15.1. The third-order valence-electron chi connectivity index (χ3n) is 7.48. The molecule has 42 heavy (non-hydrogen) atoms. The van der Waals surface area contributed by atoms with Gasteiger partial charge in [-0.15, -0.1) is 6.58 Å². The first kappa shape index (κ1) is 32.4. The van der Waals surface area contributed by atoms with Gasteiger partial charge in [0.2, 0.25) is 0 Å². The number of ketones is 1. The molecule has 1 atom stereocenters. The molecule has 3 amide bonds. The summed E-state index contributed by atoms with van der Waals surface area (Å²) in [6.45, 7) is 8.88. The zero-order valence-electron chi connectivity index (χ0n) is 25.0. The summed E-state index contributed by atoms with van der Waals surface area (Å²) >= 11 is 0. The predicted molar refractivity (Wildman–Crippen MR) is 169 cm³/mol. The van der Waals surface area contributed by atoms with Gasteiger partial charge < -0.3 is 20.4 Å². The minimum absolute atomic E-state index is 0.0401. The van der Waals surface area contributed by atoms with E-state index in [1.165, 1.54) is 17.4 Å². The van der Waals surface area contributed by atoms with Crippen LogP contribution >= 0.6 is 0 Å². The van der Waals surface area contributed by atoms with E-state index < -0.39 is 0 Å². The van der Waals surface area contributed by atoms with E-state index in [1.54, 1.807) is 18.2 Å². The molecule has 3 aromatic rings. The van der Waals surface area contributed by atoms with Crippen LogP contribution in [0, 0.1) is 6.92 Å². The van der Waals surface area contributed by atoms with Crippen molar-refractivity contribution in [2.45, 2.75) is 77.6 Å². The van der Waals surface area contributed by atoms with E-state index in [4.69, 9.17) is 4.42 Å². The molecule has 1 unspecified atom stereocenters. The van der Waals surface area contributed by atoms with E-state index in [-0.39, 0.29) is 29.4 Å². The molecule has 0 aliphatic heterocycles. The number of unbranched alkanes of at least 4 members (excludes halogenated alkanes) is 2. The number of anilines is 1. The summed E-state index contributed by atoms with van der Waals surface area (Å²) in [5.41, 5.74) is 4.99. The molecule has 0 bridgehead atoms. The van der Waals surface area contributed by atoms with Gasteiger partial charge in [0.1, 0.15) is 0 Å². The van der Waals surface area contributed by atoms with E-state index in [9.17, 15) is 14.4 Å². The summed E-state index contributed by atoms with van der Waals surface area (Å²) in [6.07, 6.45) is 10.9. The Kier molecular flexibility index (Phi) is 13.6. The number of benzene rings is 2. The maximum Gasteiger partial charge on any atom is 0.315 e. The van der Waals surface area contributed by atoms with Crippen molar-refractivity contribution in [2.75, 3.05) is 18.4 Å². The summed E-state index contributed by atoms with van der Waals surface area (Å²) in [5, 5.41) is 8.51. The lowest BCUT2D eigenvalue weighted by Crippen LogP contribution is -2.35. The molecule has 224 valence electrons. The minimum atomic E-state index is -0.328. The number of carbonyl (C=O) groups is 3. The standard InChI is InChI=1S/C35H45N3O4/c1-4-13-28(17-11-16-27-15-9-8-14-26(27)3)30-21-20-29(25-31(30)38-34(40)33-19-12-24-42-33)32(39)18-7-6-10-23-37-35(41)36-22-5-2/h5,8-9,12,14-15,19-21,24-25,28H,2,4,6-7,10-11,13,16-18,22-23H2,1,3H3,(H,38,40)(H2,36,37,41). The Morgan fingerprint density at radius 2 is 1.79 bits per heavy atom. The van der Waals surface area contributed by atoms with Crippen LogP contribution in [0.2, 0.25) is 0 Å². The molecular formula is C35H45N3O4. The fraction of sp³-hybridized carbons (Fsp3) is 0.400. The highest BCUT2D eigenvalue weighted by atomic mass is 16.3. The molecule has 1 heterocycles. The topological polar surface area (TPSA) is 100 Å². The molecule has 0 saturated carbocycles. The highest BCUT2D eigenvalue weighted by molar-refractivity contribution is 6.04. The number of furan rings is 1. The number of carbonyl (C=O) groups excluding carboxylic acids is 3. The number of Topliss-reactive ketones (excluding diaryl/α,β-unsaturated/α-hetero) is 1. The van der Waals surface area contributed by atoms with Crippen molar-refractivity contribution in [1.29, 1.82) is 0 Å². The van der Waals surface area contributed by atoms with Crippen LogP contribution in [0.25, 0.3) is 0 Å². The number of nitrogens with one attached hydrogen (secondary N) is 3. The number of aryl methyl sites for hydroxylation is 2. The Morgan fingerprint density at radius 1 is 0.952 bits per heavy atom. The minimum Gasteiger partial charge on any atom is -0.459 e. The van der Waals surface area contributed by atoms with E-state index in [2.05, 4.69) is 60.6 Å². The van der Waals surface area contributed by atoms with Crippen molar-refractivity contribution in [3.05, 3.63) is 102 Å². The normalized spacial score (nSPS) is 11.5. The highest BCUT2D eigenvalue weighted by Gasteiger charge is 2.20. The second kappa shape index (κ2) is 17.6. The van der Waals surface area contributed by atoms with Gasteiger partial charge in [0.05, 0.1) is 6.26 Å². The highest BCUT2D eigenvalue weighted by Crippen LogP contribution is 2.34. The molecule has 3 N–H and O–H groups in total. The molecule has 0 aliphatic carbocycles. The molecule has 0 radical (unpaired) electrons. The Morgan fingerprint density at radius 3 is 2.52 bits per heavy atom. The first-order valence-electron chi connectivity index (χ1n) is 15.1. The second-order valence-electron chi connectivity index (χ2n) is 10.7. The molecule has 0 aliphatic rings. The fourth-order valence-electron chi connectivity index (χ4n) is 5.18. The van der Waals surface area contributed by atoms with Gasteiger partial charge in [0.15, 0.2) is 11.5 Å². The smallest absolute Gasteiger partial charge is 0.315 e. The van der Waals surface area contributed by atoms with Gasteiger partial charge in [-0.25, -0.2) is 4.79 Å². The number of urea groups is 1. The van der Waals surface area contributed by atoms with Crippen LogP contribution in [-0.2, 0) is 6.42 Å². The summed E-state index contributed by atoms with van der Waals surface area (Å²) in [5.74, 6) is 0.200. The number of rotatable bonds is 18. The molecule has 7 nitrogen and oxygen atoms in total. The van der Waals surface area contributed by atoms with E-state index in [1.807, 2.05) is 18.2 Å². The van der Waals surface area contributed by atoms with Gasteiger partial charge >= 0.3 is 6.03 Å². The van der Waals surface area contributed by atoms with Gasteiger partial charge in [0, 0.05) is 30.8 Å². The molecule has 0 fully saturated rings. The molecule has 2 aromatic carbocycles. The lowest BCUT2D eigenvalue weighted by Gasteiger charge is -2.21. The zero-order chi connectivity index (χ0) is 30.2. The van der Waals surface area contributed by atoms with Crippen molar-refractivity contribution in [3.63, 3.8) is 0 Å². The van der Waals surface area contributed by atoms with Crippen molar-refractivity contribution in [2.24, 2.45) is 0 Å². The molecule has 1 aromatic heterocycles. The Hall–Kier alpha value is -4.13. The van der Waals surface area contributed by atoms with Gasteiger partial charge in [-0.3, -0.25) is 9.59 Å². The maximum atomic E-state index is 13.1. The third kappa shape index (κ3) is 10.4. The lowest BCUT2D eigenvalue weighted by atomic mass is 9.86. The summed E-state index contributed by atoms with van der Waals surface area (Å²) in [6, 6.07) is 17.3. The van der Waals surface area contributed by atoms with Crippen LogP contribution in [0.15, 0.2) is 77.9 Å². The van der Waals surface area contributed by atoms with Gasteiger partial charge in [-0.2, -0.15) is 0 Å². The third-order valence-corrected chi connectivity index (χ3v) is 7.48. The van der Waals surface area contributed by atoms with Crippen molar-refractivity contribution in [1.82, 2.24) is 10.6 Å². The lowest BCUT2D eigenvalue weighted by molar-refractivity contribution is 0.0974. The second-order valence-corrected chi connectivity index (χ2v) is 10.7. The molecule has 0 spiro atoms. The van der Waals surface area contributed by atoms with Crippen LogP contribution < -0.4 is 16.0 Å². The SMILES string of the molecule is C=CCNC(=O)NCCCCCC(=O)c1ccc(C(CCC)CCCc2ccccc2C)c(NC(=O)c2ccco2)c1. The fourth-order valence-corrected chi connectivity index (χ4v) is 5.18. The Balaban J connectivity index is 1.67. The van der Waals surface area contributed by atoms with E-state index >= 15 is 0 Å². The van der Waals surface area contributed by atoms with Gasteiger partial charge in [-0.05, 0) is 86.3 Å². The largest absolute Gasteiger partial charge is 0.459 e. The summed E-state index contributed by atoms with van der Waals surface area (Å²) in [4.78, 5) is 37.7. The average Bonchev–Trinajstić information content (AvgIpc) is 3.54. The number of hydrogen-bond acceptors (Lipinski definition) is 4. The maximum absolute atomic E-state index is 13.1. The molecule has 3 rings (SSSR count). The van der Waals surface area contributed by atoms with Gasteiger partial charge in [-0.1, -0.05) is 62.2 Å². The molecule has 7 heteroatoms. The predicted octanol–water partition coefficient (Wildman–Crippen LogP) is 7.98. The quantitative estimate of drug-likeness (QED) is 0.0819. The molecular weight excluding hydrogens is 526 g/mol.